The minimum absolute atomic E-state index is 0.292. The van der Waals surface area contributed by atoms with Crippen LogP contribution in [0.1, 0.15) is 19.3 Å². The van der Waals surface area contributed by atoms with Crippen molar-refractivity contribution in [1.82, 2.24) is 9.80 Å². The van der Waals surface area contributed by atoms with Crippen molar-refractivity contribution >= 4 is 5.97 Å². The van der Waals surface area contributed by atoms with Gasteiger partial charge in [-0.15, -0.1) is 0 Å². The minimum atomic E-state index is -0.689. The molecular weight excluding hydrogens is 168 g/mol. The molecule has 1 heterocycles. The molecule has 76 valence electrons. The number of rotatable bonds is 4. The lowest BCUT2D eigenvalue weighted by Gasteiger charge is -2.32. The zero-order valence-corrected chi connectivity index (χ0v) is 8.20. The molecule has 0 aromatic heterocycles. The van der Waals surface area contributed by atoms with Crippen molar-refractivity contribution < 1.29 is 9.90 Å². The second kappa shape index (κ2) is 5.19. The summed E-state index contributed by atoms with van der Waals surface area (Å²) in [7, 11) is 2.10. The van der Waals surface area contributed by atoms with Gasteiger partial charge in [-0.1, -0.05) is 0 Å². The summed E-state index contributed by atoms with van der Waals surface area (Å²) in [6.07, 6.45) is 2.26. The third kappa shape index (κ3) is 4.24. The molecule has 0 amide bonds. The van der Waals surface area contributed by atoms with Crippen LogP contribution < -0.4 is 0 Å². The van der Waals surface area contributed by atoms with Crippen molar-refractivity contribution in [1.29, 1.82) is 0 Å². The topological polar surface area (TPSA) is 43.8 Å². The summed E-state index contributed by atoms with van der Waals surface area (Å²) < 4.78 is 0. The SMILES string of the molecule is CN1CCCN(CCCC(=O)O)C1. The summed E-state index contributed by atoms with van der Waals surface area (Å²) >= 11 is 0. The Hall–Kier alpha value is -0.610. The van der Waals surface area contributed by atoms with Gasteiger partial charge in [0.15, 0.2) is 0 Å². The summed E-state index contributed by atoms with van der Waals surface area (Å²) in [5.74, 6) is -0.689. The number of carbonyl (C=O) groups is 1. The molecule has 1 rings (SSSR count). The monoisotopic (exact) mass is 186 g/mol. The van der Waals surface area contributed by atoms with Crippen LogP contribution in [0.15, 0.2) is 0 Å². The van der Waals surface area contributed by atoms with E-state index in [0.29, 0.717) is 6.42 Å². The van der Waals surface area contributed by atoms with E-state index in [9.17, 15) is 4.79 Å². The van der Waals surface area contributed by atoms with Gasteiger partial charge >= 0.3 is 5.97 Å². The van der Waals surface area contributed by atoms with E-state index in [1.165, 1.54) is 6.42 Å². The average Bonchev–Trinajstić information content (AvgIpc) is 2.03. The molecule has 1 fully saturated rings. The smallest absolute Gasteiger partial charge is 0.303 e. The van der Waals surface area contributed by atoms with Crippen molar-refractivity contribution in [2.45, 2.75) is 19.3 Å². The molecule has 0 unspecified atom stereocenters. The third-order valence-corrected chi connectivity index (χ3v) is 2.32. The van der Waals surface area contributed by atoms with Crippen molar-refractivity contribution in [3.63, 3.8) is 0 Å². The van der Waals surface area contributed by atoms with Crippen molar-refractivity contribution in [2.75, 3.05) is 33.4 Å². The van der Waals surface area contributed by atoms with Gasteiger partial charge in [0.2, 0.25) is 0 Å². The van der Waals surface area contributed by atoms with Crippen LogP contribution in [0.25, 0.3) is 0 Å². The third-order valence-electron chi connectivity index (χ3n) is 2.32. The Morgan fingerprint density at radius 3 is 2.85 bits per heavy atom. The summed E-state index contributed by atoms with van der Waals surface area (Å²) in [6.45, 7) is 4.18. The highest BCUT2D eigenvalue weighted by molar-refractivity contribution is 5.66. The molecule has 4 nitrogen and oxygen atoms in total. The molecule has 0 saturated carbocycles. The summed E-state index contributed by atoms with van der Waals surface area (Å²) in [6, 6.07) is 0. The molecule has 0 spiro atoms. The molecule has 1 saturated heterocycles. The van der Waals surface area contributed by atoms with Crippen LogP contribution >= 0.6 is 0 Å². The lowest BCUT2D eigenvalue weighted by atomic mass is 10.2. The van der Waals surface area contributed by atoms with E-state index < -0.39 is 5.97 Å². The first-order chi connectivity index (χ1) is 6.18. The molecule has 1 aliphatic heterocycles. The van der Waals surface area contributed by atoms with E-state index >= 15 is 0 Å². The van der Waals surface area contributed by atoms with E-state index in [1.807, 2.05) is 0 Å². The number of hydrogen-bond acceptors (Lipinski definition) is 3. The van der Waals surface area contributed by atoms with Gasteiger partial charge in [-0.2, -0.15) is 0 Å². The van der Waals surface area contributed by atoms with Crippen LogP contribution in [-0.2, 0) is 4.79 Å². The van der Waals surface area contributed by atoms with E-state index in [-0.39, 0.29) is 0 Å². The number of carboxylic acids is 1. The van der Waals surface area contributed by atoms with Gasteiger partial charge in [-0.3, -0.25) is 14.6 Å². The van der Waals surface area contributed by atoms with Crippen LogP contribution in [0.3, 0.4) is 0 Å². The highest BCUT2D eigenvalue weighted by atomic mass is 16.4. The van der Waals surface area contributed by atoms with Crippen LogP contribution in [-0.4, -0.2) is 54.2 Å². The number of aliphatic carboxylic acids is 1. The second-order valence-electron chi connectivity index (χ2n) is 3.69. The Bertz CT molecular complexity index is 173. The van der Waals surface area contributed by atoms with Gasteiger partial charge in [-0.25, -0.2) is 0 Å². The maximum Gasteiger partial charge on any atom is 0.303 e. The van der Waals surface area contributed by atoms with E-state index in [0.717, 1.165) is 32.7 Å². The Balaban J connectivity index is 2.10. The first kappa shape index (κ1) is 10.5. The summed E-state index contributed by atoms with van der Waals surface area (Å²) in [5.41, 5.74) is 0. The largest absolute Gasteiger partial charge is 0.481 e. The fourth-order valence-electron chi connectivity index (χ4n) is 1.68. The predicted molar refractivity (Wildman–Crippen MR) is 50.6 cm³/mol. The van der Waals surface area contributed by atoms with Crippen LogP contribution in [0.2, 0.25) is 0 Å². The first-order valence-corrected chi connectivity index (χ1v) is 4.81. The second-order valence-corrected chi connectivity index (χ2v) is 3.69. The van der Waals surface area contributed by atoms with Crippen molar-refractivity contribution in [2.24, 2.45) is 0 Å². The molecule has 0 radical (unpaired) electrons. The molecule has 1 aliphatic rings. The Kier molecular flexibility index (Phi) is 4.18. The average molecular weight is 186 g/mol. The molecule has 0 aliphatic carbocycles. The van der Waals surface area contributed by atoms with Crippen LogP contribution in [0.5, 0.6) is 0 Å². The van der Waals surface area contributed by atoms with Crippen LogP contribution in [0.4, 0.5) is 0 Å². The molecule has 0 atom stereocenters. The maximum atomic E-state index is 10.3. The van der Waals surface area contributed by atoms with Gasteiger partial charge in [0, 0.05) is 19.5 Å². The Labute approximate surface area is 79.1 Å². The molecular formula is C9H18N2O2. The zero-order valence-electron chi connectivity index (χ0n) is 8.20. The van der Waals surface area contributed by atoms with Gasteiger partial charge in [-0.05, 0) is 26.4 Å². The number of nitrogens with zero attached hydrogens (tertiary/aromatic N) is 2. The first-order valence-electron chi connectivity index (χ1n) is 4.81. The van der Waals surface area contributed by atoms with Crippen LogP contribution in [0, 0.1) is 0 Å². The number of carboxylic acid groups (broad SMARTS) is 1. The van der Waals surface area contributed by atoms with E-state index in [1.54, 1.807) is 0 Å². The normalized spacial score (nSPS) is 20.4. The molecule has 1 N–H and O–H groups in total. The van der Waals surface area contributed by atoms with Gasteiger partial charge in [0.1, 0.15) is 0 Å². The fraction of sp³-hybridized carbons (Fsp3) is 0.889. The minimum Gasteiger partial charge on any atom is -0.481 e. The van der Waals surface area contributed by atoms with Crippen molar-refractivity contribution in [3.05, 3.63) is 0 Å². The van der Waals surface area contributed by atoms with Gasteiger partial charge in [0.05, 0.1) is 6.67 Å². The molecule has 13 heavy (non-hydrogen) atoms. The van der Waals surface area contributed by atoms with Crippen molar-refractivity contribution in [3.8, 4) is 0 Å². The standard InChI is InChI=1S/C9H18N2O2/c1-10-5-3-7-11(8-10)6-2-4-9(12)13/h2-8H2,1H3,(H,12,13). The van der Waals surface area contributed by atoms with Gasteiger partial charge in [0.25, 0.3) is 0 Å². The fourth-order valence-corrected chi connectivity index (χ4v) is 1.68. The molecule has 0 aromatic carbocycles. The Morgan fingerprint density at radius 1 is 1.46 bits per heavy atom. The quantitative estimate of drug-likeness (QED) is 0.692. The zero-order chi connectivity index (χ0) is 9.68. The molecule has 0 bridgehead atoms. The Morgan fingerprint density at radius 2 is 2.23 bits per heavy atom. The summed E-state index contributed by atoms with van der Waals surface area (Å²) in [5, 5.41) is 8.47. The predicted octanol–water partition coefficient (Wildman–Crippen LogP) is 0.446. The maximum absolute atomic E-state index is 10.3. The number of hydrogen-bond donors (Lipinski definition) is 1. The molecule has 0 aromatic rings. The van der Waals surface area contributed by atoms with E-state index in [4.69, 9.17) is 5.11 Å². The molecule has 4 heteroatoms. The lowest BCUT2D eigenvalue weighted by Crippen LogP contribution is -2.43. The lowest BCUT2D eigenvalue weighted by molar-refractivity contribution is -0.137. The van der Waals surface area contributed by atoms with E-state index in [2.05, 4.69) is 16.8 Å². The summed E-state index contributed by atoms with van der Waals surface area (Å²) in [4.78, 5) is 14.9. The highest BCUT2D eigenvalue weighted by Gasteiger charge is 2.13. The van der Waals surface area contributed by atoms with Gasteiger partial charge < -0.3 is 5.11 Å². The highest BCUT2D eigenvalue weighted by Crippen LogP contribution is 2.04.